The Balaban J connectivity index is 1.81. The van der Waals surface area contributed by atoms with Gasteiger partial charge in [0.2, 0.25) is 5.88 Å². The van der Waals surface area contributed by atoms with Gasteiger partial charge in [0.15, 0.2) is 5.65 Å². The number of nitriles is 1. The summed E-state index contributed by atoms with van der Waals surface area (Å²) in [6.07, 6.45) is 7.61. The fraction of sp³-hybridized carbons (Fsp3) is 0.368. The molecule has 3 aromatic heterocycles. The van der Waals surface area contributed by atoms with Gasteiger partial charge in [-0.15, -0.1) is 0 Å². The SMILES string of the molecule is COc1cc(C2CCCB(C#N)C2)nc2c(-c3ccc(C)nc3)cnn12. The van der Waals surface area contributed by atoms with Gasteiger partial charge in [0.25, 0.3) is 6.71 Å². The smallest absolute Gasteiger partial charge is 0.268 e. The predicted molar refractivity (Wildman–Crippen MR) is 100 cm³/mol. The van der Waals surface area contributed by atoms with Crippen molar-refractivity contribution in [3.8, 4) is 23.0 Å². The molecule has 0 amide bonds. The predicted octanol–water partition coefficient (Wildman–Crippen LogP) is 3.54. The van der Waals surface area contributed by atoms with Crippen LogP contribution < -0.4 is 4.74 Å². The second kappa shape index (κ2) is 6.79. The highest BCUT2D eigenvalue weighted by Crippen LogP contribution is 2.35. The van der Waals surface area contributed by atoms with Crippen molar-refractivity contribution in [3.05, 3.63) is 42.0 Å². The highest BCUT2D eigenvalue weighted by Gasteiger charge is 2.28. The summed E-state index contributed by atoms with van der Waals surface area (Å²) in [5.74, 6) is 3.37. The van der Waals surface area contributed by atoms with E-state index in [9.17, 15) is 5.26 Å². The van der Waals surface area contributed by atoms with E-state index >= 15 is 0 Å². The third-order valence-corrected chi connectivity index (χ3v) is 5.17. The molecule has 4 heterocycles. The molecule has 1 fully saturated rings. The molecule has 0 bridgehead atoms. The Bertz CT molecular complexity index is 976. The number of aryl methyl sites for hydroxylation is 1. The first-order valence-corrected chi connectivity index (χ1v) is 8.95. The van der Waals surface area contributed by atoms with Crippen molar-refractivity contribution < 1.29 is 4.74 Å². The molecule has 4 rings (SSSR count). The number of pyridine rings is 1. The van der Waals surface area contributed by atoms with E-state index < -0.39 is 0 Å². The molecule has 0 aromatic carbocycles. The molecule has 1 aliphatic heterocycles. The fourth-order valence-corrected chi connectivity index (χ4v) is 3.71. The molecule has 130 valence electrons. The van der Waals surface area contributed by atoms with E-state index in [4.69, 9.17) is 9.72 Å². The van der Waals surface area contributed by atoms with Crippen LogP contribution in [0.15, 0.2) is 30.6 Å². The van der Waals surface area contributed by atoms with E-state index in [1.165, 1.54) is 0 Å². The number of ether oxygens (including phenoxy) is 1. The summed E-state index contributed by atoms with van der Waals surface area (Å²) >= 11 is 0. The number of hydrogen-bond donors (Lipinski definition) is 0. The van der Waals surface area contributed by atoms with Crippen LogP contribution in [-0.2, 0) is 0 Å². The number of methoxy groups -OCH3 is 1. The largest absolute Gasteiger partial charge is 0.481 e. The van der Waals surface area contributed by atoms with Gasteiger partial charge in [0.1, 0.15) is 0 Å². The first-order valence-electron chi connectivity index (χ1n) is 8.95. The van der Waals surface area contributed by atoms with Crippen LogP contribution in [0.4, 0.5) is 0 Å². The fourth-order valence-electron chi connectivity index (χ4n) is 3.71. The minimum absolute atomic E-state index is 0.114. The minimum Gasteiger partial charge on any atom is -0.481 e. The summed E-state index contributed by atoms with van der Waals surface area (Å²) in [5.41, 5.74) is 4.64. The number of rotatable bonds is 3. The first-order chi connectivity index (χ1) is 12.7. The Hall–Kier alpha value is -2.88. The maximum Gasteiger partial charge on any atom is 0.268 e. The maximum atomic E-state index is 9.29. The van der Waals surface area contributed by atoms with E-state index in [1.807, 2.05) is 31.3 Å². The molecule has 0 aliphatic carbocycles. The lowest BCUT2D eigenvalue weighted by molar-refractivity contribution is 0.383. The molecule has 0 N–H and O–H groups in total. The van der Waals surface area contributed by atoms with E-state index in [0.29, 0.717) is 5.88 Å². The number of hydrogen-bond acceptors (Lipinski definition) is 5. The first kappa shape index (κ1) is 16.6. The van der Waals surface area contributed by atoms with Gasteiger partial charge in [-0.05, 0) is 25.3 Å². The average Bonchev–Trinajstić information content (AvgIpc) is 3.12. The van der Waals surface area contributed by atoms with E-state index in [2.05, 4.69) is 16.1 Å². The molecule has 1 saturated heterocycles. The number of nitrogens with zero attached hydrogens (tertiary/aromatic N) is 5. The third-order valence-electron chi connectivity index (χ3n) is 5.17. The van der Waals surface area contributed by atoms with Crippen LogP contribution in [-0.4, -0.2) is 33.4 Å². The molecule has 1 aliphatic rings. The van der Waals surface area contributed by atoms with Crippen LogP contribution in [0.3, 0.4) is 0 Å². The second-order valence-corrected chi connectivity index (χ2v) is 6.89. The van der Waals surface area contributed by atoms with Gasteiger partial charge in [-0.2, -0.15) is 9.61 Å². The molecule has 6 nitrogen and oxygen atoms in total. The Labute approximate surface area is 152 Å². The van der Waals surface area contributed by atoms with Crippen LogP contribution in [0.1, 0.15) is 30.1 Å². The van der Waals surface area contributed by atoms with Crippen LogP contribution in [0.5, 0.6) is 5.88 Å². The highest BCUT2D eigenvalue weighted by molar-refractivity contribution is 6.67. The van der Waals surface area contributed by atoms with Gasteiger partial charge in [-0.1, -0.05) is 25.1 Å². The van der Waals surface area contributed by atoms with Crippen molar-refractivity contribution in [2.45, 2.75) is 38.3 Å². The van der Waals surface area contributed by atoms with Gasteiger partial charge in [0.05, 0.1) is 19.0 Å². The molecule has 1 atom stereocenters. The molecule has 3 aromatic rings. The Kier molecular flexibility index (Phi) is 4.33. The summed E-state index contributed by atoms with van der Waals surface area (Å²) in [6.45, 7) is 2.08. The average molecular weight is 345 g/mol. The molecule has 1 unspecified atom stereocenters. The van der Waals surface area contributed by atoms with Gasteiger partial charge < -0.3 is 4.74 Å². The summed E-state index contributed by atoms with van der Waals surface area (Å²) in [6, 6.07) is 5.98. The molecule has 26 heavy (non-hydrogen) atoms. The zero-order chi connectivity index (χ0) is 18.1. The molecule has 0 radical (unpaired) electrons. The zero-order valence-electron chi connectivity index (χ0n) is 15.0. The van der Waals surface area contributed by atoms with E-state index in [-0.39, 0.29) is 12.6 Å². The van der Waals surface area contributed by atoms with Crippen molar-refractivity contribution >= 4 is 12.4 Å². The van der Waals surface area contributed by atoms with Gasteiger partial charge in [-0.3, -0.25) is 4.98 Å². The normalized spacial score (nSPS) is 17.3. The molecule has 0 saturated carbocycles. The van der Waals surface area contributed by atoms with Crippen LogP contribution in [0.2, 0.25) is 12.6 Å². The third kappa shape index (κ3) is 2.92. The van der Waals surface area contributed by atoms with Crippen LogP contribution in [0, 0.1) is 18.2 Å². The van der Waals surface area contributed by atoms with Crippen molar-refractivity contribution in [3.63, 3.8) is 0 Å². The van der Waals surface area contributed by atoms with Gasteiger partial charge in [0, 0.05) is 35.1 Å². The van der Waals surface area contributed by atoms with Crippen LogP contribution >= 0.6 is 0 Å². The molecular formula is C19H20BN5O. The van der Waals surface area contributed by atoms with Crippen molar-refractivity contribution in [1.29, 1.82) is 5.26 Å². The van der Waals surface area contributed by atoms with Crippen molar-refractivity contribution in [1.82, 2.24) is 19.6 Å². The molecule has 7 heteroatoms. The maximum absolute atomic E-state index is 9.29. The highest BCUT2D eigenvalue weighted by atomic mass is 16.5. The zero-order valence-corrected chi connectivity index (χ0v) is 15.0. The summed E-state index contributed by atoms with van der Waals surface area (Å²) in [4.78, 5) is 9.30. The summed E-state index contributed by atoms with van der Waals surface area (Å²) in [5, 5.41) is 13.7. The number of fused-ring (bicyclic) bond motifs is 1. The lowest BCUT2D eigenvalue weighted by Gasteiger charge is -2.23. The van der Waals surface area contributed by atoms with Crippen molar-refractivity contribution in [2.75, 3.05) is 7.11 Å². The Morgan fingerprint density at radius 3 is 2.96 bits per heavy atom. The van der Waals surface area contributed by atoms with Crippen molar-refractivity contribution in [2.24, 2.45) is 0 Å². The lowest BCUT2D eigenvalue weighted by Crippen LogP contribution is -2.21. The standard InChI is InChI=1S/C19H20BN5O/c1-13-5-6-15(10-22-13)16-11-23-25-18(26-2)8-17(24-19(16)25)14-4-3-7-20(9-14)12-21/h5-6,8,10-11,14H,3-4,7,9H2,1-2H3. The van der Waals surface area contributed by atoms with Gasteiger partial charge >= 0.3 is 0 Å². The molecular weight excluding hydrogens is 325 g/mol. The number of aromatic nitrogens is 4. The lowest BCUT2D eigenvalue weighted by atomic mass is 9.41. The quantitative estimate of drug-likeness (QED) is 0.679. The second-order valence-electron chi connectivity index (χ2n) is 6.89. The minimum atomic E-state index is 0.114. The van der Waals surface area contributed by atoms with Gasteiger partial charge in [-0.25, -0.2) is 10.2 Å². The summed E-state index contributed by atoms with van der Waals surface area (Å²) in [7, 11) is 1.65. The topological polar surface area (TPSA) is 76.1 Å². The summed E-state index contributed by atoms with van der Waals surface area (Å²) < 4.78 is 7.29. The molecule has 0 spiro atoms. The Morgan fingerprint density at radius 1 is 1.35 bits per heavy atom. The van der Waals surface area contributed by atoms with E-state index in [0.717, 1.165) is 53.6 Å². The van der Waals surface area contributed by atoms with E-state index in [1.54, 1.807) is 17.8 Å². The Morgan fingerprint density at radius 2 is 2.23 bits per heavy atom. The van der Waals surface area contributed by atoms with Crippen LogP contribution in [0.25, 0.3) is 16.8 Å². The monoisotopic (exact) mass is 345 g/mol.